The fraction of sp³-hybridized carbons (Fsp3) is 0.600. The van der Waals surface area contributed by atoms with Gasteiger partial charge in [0.1, 0.15) is 0 Å². The van der Waals surface area contributed by atoms with Crippen molar-refractivity contribution in [3.63, 3.8) is 0 Å². The molecule has 6 nitrogen and oxygen atoms in total. The molecule has 0 saturated carbocycles. The van der Waals surface area contributed by atoms with Crippen LogP contribution in [0.1, 0.15) is 33.1 Å². The molecule has 1 aromatic rings. The topological polar surface area (TPSA) is 73.6 Å². The summed E-state index contributed by atoms with van der Waals surface area (Å²) >= 11 is 0. The molecule has 0 aliphatic heterocycles. The predicted octanol–water partition coefficient (Wildman–Crippen LogP) is 3.61. The molecular formula is C15H24N2O4. The molecule has 0 aromatic heterocycles. The zero-order chi connectivity index (χ0) is 15.7. The number of hydrogen-bond donors (Lipinski definition) is 1. The Morgan fingerprint density at radius 2 is 2.10 bits per heavy atom. The van der Waals surface area contributed by atoms with E-state index >= 15 is 0 Å². The number of ether oxygens (including phenoxy) is 2. The van der Waals surface area contributed by atoms with E-state index in [1.54, 1.807) is 19.2 Å². The zero-order valence-electron chi connectivity index (χ0n) is 12.9. The third-order valence-corrected chi connectivity index (χ3v) is 2.99. The van der Waals surface area contributed by atoms with Crippen LogP contribution in [0.5, 0.6) is 5.75 Å². The minimum Gasteiger partial charge on any atom is -0.487 e. The summed E-state index contributed by atoms with van der Waals surface area (Å²) in [6.07, 6.45) is 2.81. The lowest BCUT2D eigenvalue weighted by molar-refractivity contribution is -0.385. The SMILES string of the molecule is CCCOc1cc(NC(CCC)COC)ccc1[N+](=O)[O-]. The highest BCUT2D eigenvalue weighted by Crippen LogP contribution is 2.30. The maximum Gasteiger partial charge on any atom is 0.311 e. The van der Waals surface area contributed by atoms with E-state index in [0.29, 0.717) is 19.0 Å². The quantitative estimate of drug-likeness (QED) is 0.527. The summed E-state index contributed by atoms with van der Waals surface area (Å²) < 4.78 is 10.7. The van der Waals surface area contributed by atoms with E-state index in [2.05, 4.69) is 12.2 Å². The van der Waals surface area contributed by atoms with Gasteiger partial charge in [-0.25, -0.2) is 0 Å². The summed E-state index contributed by atoms with van der Waals surface area (Å²) in [7, 11) is 1.66. The molecule has 1 atom stereocenters. The van der Waals surface area contributed by atoms with Gasteiger partial charge in [-0.15, -0.1) is 0 Å². The van der Waals surface area contributed by atoms with Crippen LogP contribution >= 0.6 is 0 Å². The van der Waals surface area contributed by atoms with Gasteiger partial charge in [-0.1, -0.05) is 20.3 Å². The maximum absolute atomic E-state index is 11.0. The van der Waals surface area contributed by atoms with Crippen LogP contribution in [0.4, 0.5) is 11.4 Å². The highest BCUT2D eigenvalue weighted by molar-refractivity contribution is 5.58. The summed E-state index contributed by atoms with van der Waals surface area (Å²) in [5.41, 5.74) is 0.801. The average Bonchev–Trinajstić information content (AvgIpc) is 2.45. The number of nitro groups is 1. The molecular weight excluding hydrogens is 272 g/mol. The smallest absolute Gasteiger partial charge is 0.311 e. The fourth-order valence-electron chi connectivity index (χ4n) is 2.06. The second-order valence-corrected chi connectivity index (χ2v) is 4.87. The van der Waals surface area contributed by atoms with Gasteiger partial charge in [0.05, 0.1) is 18.1 Å². The van der Waals surface area contributed by atoms with Crippen LogP contribution in [0.25, 0.3) is 0 Å². The van der Waals surface area contributed by atoms with Gasteiger partial charge < -0.3 is 14.8 Å². The number of hydrogen-bond acceptors (Lipinski definition) is 5. The molecule has 0 saturated heterocycles. The number of nitrogens with one attached hydrogen (secondary N) is 1. The molecule has 0 spiro atoms. The Balaban J connectivity index is 2.89. The van der Waals surface area contributed by atoms with Crippen LogP contribution in [0, 0.1) is 10.1 Å². The highest BCUT2D eigenvalue weighted by atomic mass is 16.6. The minimum atomic E-state index is -0.423. The maximum atomic E-state index is 11.0. The van der Waals surface area contributed by atoms with Crippen LogP contribution in [0.15, 0.2) is 18.2 Å². The van der Waals surface area contributed by atoms with E-state index in [1.807, 2.05) is 6.92 Å². The first-order valence-corrected chi connectivity index (χ1v) is 7.29. The summed E-state index contributed by atoms with van der Waals surface area (Å²) in [6, 6.07) is 5.05. The lowest BCUT2D eigenvalue weighted by atomic mass is 10.1. The second kappa shape index (κ2) is 9.18. The van der Waals surface area contributed by atoms with Gasteiger partial charge in [-0.2, -0.15) is 0 Å². The molecule has 0 radical (unpaired) electrons. The van der Waals surface area contributed by atoms with Gasteiger partial charge in [0.2, 0.25) is 0 Å². The Morgan fingerprint density at radius 1 is 1.33 bits per heavy atom. The van der Waals surface area contributed by atoms with Crippen LogP contribution in [0.2, 0.25) is 0 Å². The monoisotopic (exact) mass is 296 g/mol. The van der Waals surface area contributed by atoms with E-state index in [1.165, 1.54) is 6.07 Å². The molecule has 0 amide bonds. The molecule has 0 heterocycles. The summed E-state index contributed by atoms with van der Waals surface area (Å²) in [4.78, 5) is 10.6. The molecule has 0 fully saturated rings. The number of rotatable bonds is 10. The Morgan fingerprint density at radius 3 is 2.67 bits per heavy atom. The van der Waals surface area contributed by atoms with Crippen molar-refractivity contribution in [1.82, 2.24) is 0 Å². The molecule has 1 rings (SSSR count). The van der Waals surface area contributed by atoms with Crippen molar-refractivity contribution in [2.45, 2.75) is 39.2 Å². The first-order valence-electron chi connectivity index (χ1n) is 7.29. The third kappa shape index (κ3) is 5.59. The van der Waals surface area contributed by atoms with Crippen molar-refractivity contribution in [3.8, 4) is 5.75 Å². The van der Waals surface area contributed by atoms with E-state index in [-0.39, 0.29) is 11.7 Å². The average molecular weight is 296 g/mol. The minimum absolute atomic E-state index is 0.00668. The summed E-state index contributed by atoms with van der Waals surface area (Å²) in [6.45, 7) is 5.12. The fourth-order valence-corrected chi connectivity index (χ4v) is 2.06. The summed E-state index contributed by atoms with van der Waals surface area (Å²) in [5, 5.41) is 14.3. The van der Waals surface area contributed by atoms with Crippen LogP contribution in [0.3, 0.4) is 0 Å². The molecule has 118 valence electrons. The van der Waals surface area contributed by atoms with Crippen molar-refractivity contribution in [2.24, 2.45) is 0 Å². The zero-order valence-corrected chi connectivity index (χ0v) is 12.9. The highest BCUT2D eigenvalue weighted by Gasteiger charge is 2.16. The first-order chi connectivity index (χ1) is 10.1. The predicted molar refractivity (Wildman–Crippen MR) is 83.1 cm³/mol. The van der Waals surface area contributed by atoms with Gasteiger partial charge in [0, 0.05) is 31.0 Å². The van der Waals surface area contributed by atoms with Gasteiger partial charge in [0.15, 0.2) is 5.75 Å². The Hall–Kier alpha value is -1.82. The van der Waals surface area contributed by atoms with Crippen molar-refractivity contribution < 1.29 is 14.4 Å². The Labute approximate surface area is 125 Å². The van der Waals surface area contributed by atoms with E-state index in [4.69, 9.17) is 9.47 Å². The van der Waals surface area contributed by atoms with E-state index in [9.17, 15) is 10.1 Å². The van der Waals surface area contributed by atoms with Gasteiger partial charge in [-0.3, -0.25) is 10.1 Å². The largest absolute Gasteiger partial charge is 0.487 e. The third-order valence-electron chi connectivity index (χ3n) is 2.99. The number of benzene rings is 1. The Bertz CT molecular complexity index is 445. The van der Waals surface area contributed by atoms with Crippen LogP contribution < -0.4 is 10.1 Å². The molecule has 1 aromatic carbocycles. The molecule has 0 bridgehead atoms. The Kier molecular flexibility index (Phi) is 7.53. The first kappa shape index (κ1) is 17.2. The van der Waals surface area contributed by atoms with Crippen molar-refractivity contribution >= 4 is 11.4 Å². The molecule has 0 aliphatic rings. The second-order valence-electron chi connectivity index (χ2n) is 4.87. The molecule has 21 heavy (non-hydrogen) atoms. The molecule has 0 aliphatic carbocycles. The van der Waals surface area contributed by atoms with Gasteiger partial charge in [0.25, 0.3) is 0 Å². The lowest BCUT2D eigenvalue weighted by Gasteiger charge is -2.19. The summed E-state index contributed by atoms with van der Waals surface area (Å²) in [5.74, 6) is 0.305. The van der Waals surface area contributed by atoms with Crippen molar-refractivity contribution in [2.75, 3.05) is 25.6 Å². The van der Waals surface area contributed by atoms with E-state index < -0.39 is 4.92 Å². The van der Waals surface area contributed by atoms with E-state index in [0.717, 1.165) is 24.9 Å². The number of methoxy groups -OCH3 is 1. The number of nitro benzene ring substituents is 1. The molecule has 1 N–H and O–H groups in total. The van der Waals surface area contributed by atoms with Crippen molar-refractivity contribution in [3.05, 3.63) is 28.3 Å². The molecule has 6 heteroatoms. The van der Waals surface area contributed by atoms with Gasteiger partial charge >= 0.3 is 5.69 Å². The normalized spacial score (nSPS) is 12.0. The number of nitrogens with zero attached hydrogens (tertiary/aromatic N) is 1. The standard InChI is InChI=1S/C15H24N2O4/c1-4-6-13(11-20-3)16-12-7-8-14(17(18)19)15(10-12)21-9-5-2/h7-8,10,13,16H,4-6,9,11H2,1-3H3. The number of anilines is 1. The van der Waals surface area contributed by atoms with Crippen molar-refractivity contribution in [1.29, 1.82) is 0 Å². The van der Waals surface area contributed by atoms with Gasteiger partial charge in [-0.05, 0) is 18.9 Å². The lowest BCUT2D eigenvalue weighted by Crippen LogP contribution is -2.24. The van der Waals surface area contributed by atoms with Crippen LogP contribution in [-0.4, -0.2) is 31.3 Å². The van der Waals surface area contributed by atoms with Crippen LogP contribution in [-0.2, 0) is 4.74 Å². The molecule has 1 unspecified atom stereocenters.